The first kappa shape index (κ1) is 49.1. The number of hydrogen-bond donors (Lipinski definition) is 4. The minimum Gasteiger partial charge on any atom is -0.497 e. The largest absolute Gasteiger partial charge is 0.497 e. The SMILES string of the molecule is CCNC(=O)C[C@@H]1N=C(c2ccc(SCC(=O)NCCNC(=O)CSc3ccc(C4=N[C@H](CC(=O)NCC)c5nnc(C)n5-c5ccc(OC)cc54)cc3)cc2)c2cc(OC)ccc2-n2c(C)nnc21. The van der Waals surface area contributed by atoms with Crippen LogP contribution in [0, 0.1) is 13.8 Å². The first-order valence-electron chi connectivity index (χ1n) is 22.9. The lowest BCUT2D eigenvalue weighted by Gasteiger charge is -2.14. The van der Waals surface area contributed by atoms with Gasteiger partial charge in [-0.1, -0.05) is 24.3 Å². The number of aryl methyl sites for hydroxylation is 2. The third-order valence-corrected chi connectivity index (χ3v) is 13.6. The zero-order valence-corrected chi connectivity index (χ0v) is 41.4. The number of hydrogen-bond acceptors (Lipinski definition) is 14. The number of methoxy groups -OCH3 is 2. The van der Waals surface area contributed by atoms with Crippen LogP contribution in [0.25, 0.3) is 11.4 Å². The molecule has 0 saturated carbocycles. The summed E-state index contributed by atoms with van der Waals surface area (Å²) in [6.07, 6.45) is 0.203. The van der Waals surface area contributed by atoms with Crippen molar-refractivity contribution < 1.29 is 28.7 Å². The van der Waals surface area contributed by atoms with Crippen LogP contribution in [0.2, 0.25) is 0 Å². The number of amides is 4. The maximum Gasteiger partial charge on any atom is 0.230 e. The fourth-order valence-corrected chi connectivity index (χ4v) is 9.71. The molecule has 6 aromatic rings. The molecule has 362 valence electrons. The Kier molecular flexibility index (Phi) is 15.7. The Morgan fingerprint density at radius 1 is 0.543 bits per heavy atom. The standard InChI is InChI=1S/C50H54N12O6S2/c1-7-51-43(63)25-39-49-59-57-29(3)61(49)41-19-13-33(67-5)23-37(41)47(55-39)31-9-15-35(16-10-31)69-27-45(65)53-21-22-54-46(66)28-70-36-17-11-32(12-18-36)48-38-24-34(68-6)14-20-42(38)62-30(4)58-60-50(62)40(56-48)26-44(64)52-8-2/h9-20,23-24,39-40H,7-8,21-22,25-28H2,1-6H3,(H,51,63)(H,52,64)(H,53,65)(H,54,66)/t39-,40+. The number of carbonyl (C=O) groups is 4. The summed E-state index contributed by atoms with van der Waals surface area (Å²) < 4.78 is 15.1. The summed E-state index contributed by atoms with van der Waals surface area (Å²) >= 11 is 2.79. The van der Waals surface area contributed by atoms with E-state index in [1.54, 1.807) is 14.2 Å². The van der Waals surface area contributed by atoms with Crippen molar-refractivity contribution in [3.05, 3.63) is 130 Å². The number of fused-ring (bicyclic) bond motifs is 6. The molecule has 0 fully saturated rings. The molecule has 4 amide bonds. The van der Waals surface area contributed by atoms with E-state index in [1.807, 2.05) is 122 Å². The lowest BCUT2D eigenvalue weighted by molar-refractivity contribution is -0.122. The molecule has 70 heavy (non-hydrogen) atoms. The summed E-state index contributed by atoms with van der Waals surface area (Å²) in [5.74, 6) is 3.60. The number of aromatic nitrogens is 6. The molecule has 2 aliphatic rings. The van der Waals surface area contributed by atoms with Gasteiger partial charge in [-0.05, 0) is 88.4 Å². The van der Waals surface area contributed by atoms with Crippen molar-refractivity contribution in [2.45, 2.75) is 62.4 Å². The summed E-state index contributed by atoms with van der Waals surface area (Å²) in [5.41, 5.74) is 6.30. The van der Waals surface area contributed by atoms with Crippen LogP contribution in [-0.2, 0) is 19.2 Å². The van der Waals surface area contributed by atoms with Crippen molar-refractivity contribution in [3.63, 3.8) is 0 Å². The molecule has 18 nitrogen and oxygen atoms in total. The fourth-order valence-electron chi connectivity index (χ4n) is 8.25. The summed E-state index contributed by atoms with van der Waals surface area (Å²) in [6, 6.07) is 25.9. The fraction of sp³-hybridized carbons (Fsp3) is 0.320. The Morgan fingerprint density at radius 3 is 1.31 bits per heavy atom. The maximum absolute atomic E-state index is 12.8. The van der Waals surface area contributed by atoms with Crippen molar-refractivity contribution in [2.24, 2.45) is 9.98 Å². The molecule has 2 aliphatic heterocycles. The van der Waals surface area contributed by atoms with E-state index < -0.39 is 12.1 Å². The van der Waals surface area contributed by atoms with Gasteiger partial charge in [-0.3, -0.25) is 38.3 Å². The van der Waals surface area contributed by atoms with Gasteiger partial charge in [0, 0.05) is 58.2 Å². The van der Waals surface area contributed by atoms with Gasteiger partial charge in [-0.25, -0.2) is 0 Å². The average molecular weight is 983 g/mol. The lowest BCUT2D eigenvalue weighted by atomic mass is 10.00. The average Bonchev–Trinajstić information content (AvgIpc) is 3.87. The van der Waals surface area contributed by atoms with Gasteiger partial charge >= 0.3 is 0 Å². The molecular formula is C50H54N12O6S2. The number of aliphatic imine (C=N–C) groups is 2. The summed E-state index contributed by atoms with van der Waals surface area (Å²) in [7, 11) is 3.22. The van der Waals surface area contributed by atoms with E-state index in [1.165, 1.54) is 23.5 Å². The second-order valence-electron chi connectivity index (χ2n) is 16.3. The second kappa shape index (κ2) is 22.4. The molecule has 2 atom stereocenters. The van der Waals surface area contributed by atoms with Crippen LogP contribution in [0.15, 0.2) is 105 Å². The smallest absolute Gasteiger partial charge is 0.230 e. The van der Waals surface area contributed by atoms with Crippen molar-refractivity contribution in [1.82, 2.24) is 50.8 Å². The first-order valence-corrected chi connectivity index (χ1v) is 24.9. The summed E-state index contributed by atoms with van der Waals surface area (Å²) in [4.78, 5) is 63.4. The Balaban J connectivity index is 0.839. The molecule has 0 saturated heterocycles. The van der Waals surface area contributed by atoms with E-state index in [2.05, 4.69) is 41.7 Å². The molecule has 4 heterocycles. The molecule has 0 spiro atoms. The van der Waals surface area contributed by atoms with Crippen molar-refractivity contribution >= 4 is 58.6 Å². The molecule has 0 unspecified atom stereocenters. The molecule has 0 radical (unpaired) electrons. The highest BCUT2D eigenvalue weighted by molar-refractivity contribution is 8.00. The number of nitrogens with zero attached hydrogens (tertiary/aromatic N) is 8. The van der Waals surface area contributed by atoms with Crippen LogP contribution in [0.4, 0.5) is 0 Å². The Bertz CT molecular complexity index is 2770. The van der Waals surface area contributed by atoms with Gasteiger partial charge in [-0.15, -0.1) is 43.9 Å². The highest BCUT2D eigenvalue weighted by Crippen LogP contribution is 2.37. The van der Waals surface area contributed by atoms with Crippen molar-refractivity contribution in [3.8, 4) is 22.9 Å². The van der Waals surface area contributed by atoms with E-state index in [9.17, 15) is 19.2 Å². The van der Waals surface area contributed by atoms with Gasteiger partial charge in [0.1, 0.15) is 35.2 Å². The molecule has 2 aromatic heterocycles. The molecule has 4 N–H and O–H groups in total. The quantitative estimate of drug-likeness (QED) is 0.0590. The molecule has 0 bridgehead atoms. The summed E-state index contributed by atoms with van der Waals surface area (Å²) in [5, 5.41) is 29.1. The van der Waals surface area contributed by atoms with Gasteiger partial charge in [0.15, 0.2) is 11.6 Å². The monoisotopic (exact) mass is 982 g/mol. The van der Waals surface area contributed by atoms with Crippen LogP contribution in [-0.4, -0.2) is 116 Å². The van der Waals surface area contributed by atoms with Crippen LogP contribution >= 0.6 is 23.5 Å². The van der Waals surface area contributed by atoms with Gasteiger partial charge in [0.2, 0.25) is 23.6 Å². The molecule has 20 heteroatoms. The van der Waals surface area contributed by atoms with E-state index in [0.29, 0.717) is 59.3 Å². The lowest BCUT2D eigenvalue weighted by Crippen LogP contribution is -2.36. The van der Waals surface area contributed by atoms with Crippen LogP contribution in [0.1, 0.15) is 84.3 Å². The van der Waals surface area contributed by atoms with Gasteiger partial charge < -0.3 is 30.7 Å². The zero-order valence-electron chi connectivity index (χ0n) is 39.7. The molecule has 8 rings (SSSR count). The zero-order chi connectivity index (χ0) is 49.3. The number of benzene rings is 4. The van der Waals surface area contributed by atoms with E-state index in [-0.39, 0.29) is 61.1 Å². The Labute approximate surface area is 413 Å². The van der Waals surface area contributed by atoms with Crippen LogP contribution in [0.3, 0.4) is 0 Å². The summed E-state index contributed by atoms with van der Waals surface area (Å²) in [6.45, 7) is 9.06. The topological polar surface area (TPSA) is 221 Å². The van der Waals surface area contributed by atoms with Gasteiger partial charge in [0.25, 0.3) is 0 Å². The highest BCUT2D eigenvalue weighted by atomic mass is 32.2. The van der Waals surface area contributed by atoms with E-state index in [0.717, 1.165) is 43.4 Å². The second-order valence-corrected chi connectivity index (χ2v) is 18.4. The third kappa shape index (κ3) is 11.1. The minimum absolute atomic E-state index is 0.102. The third-order valence-electron chi connectivity index (χ3n) is 11.5. The van der Waals surface area contributed by atoms with E-state index in [4.69, 9.17) is 19.5 Å². The van der Waals surface area contributed by atoms with Gasteiger partial charge in [0.05, 0.1) is 61.4 Å². The Morgan fingerprint density at radius 2 is 0.943 bits per heavy atom. The number of ether oxygens (including phenoxy) is 2. The molecule has 0 aliphatic carbocycles. The number of nitrogens with one attached hydrogen (secondary N) is 4. The maximum atomic E-state index is 12.8. The van der Waals surface area contributed by atoms with Gasteiger partial charge in [-0.2, -0.15) is 0 Å². The number of carbonyl (C=O) groups excluding carboxylic acids is 4. The van der Waals surface area contributed by atoms with Crippen LogP contribution in [0.5, 0.6) is 11.5 Å². The van der Waals surface area contributed by atoms with E-state index >= 15 is 0 Å². The predicted molar refractivity (Wildman–Crippen MR) is 269 cm³/mol. The highest BCUT2D eigenvalue weighted by Gasteiger charge is 2.32. The first-order chi connectivity index (χ1) is 34.0. The minimum atomic E-state index is -0.585. The number of rotatable bonds is 19. The Hall–Kier alpha value is -7.32. The normalized spacial score (nSPS) is 14.5. The molecule has 4 aromatic carbocycles. The number of thioether (sulfide) groups is 2. The van der Waals surface area contributed by atoms with Crippen molar-refractivity contribution in [1.29, 1.82) is 0 Å². The van der Waals surface area contributed by atoms with Crippen molar-refractivity contribution in [2.75, 3.05) is 51.9 Å². The predicted octanol–water partition coefficient (Wildman–Crippen LogP) is 5.44. The molecular weight excluding hydrogens is 929 g/mol. The van der Waals surface area contributed by atoms with Crippen LogP contribution < -0.4 is 30.7 Å².